The normalized spacial score (nSPS) is 13.4. The largest absolute Gasteiger partial charge is 0.361 e. The zero-order chi connectivity index (χ0) is 17.3. The molecule has 0 unspecified atom stereocenters. The van der Waals surface area contributed by atoms with Crippen LogP contribution in [0, 0.1) is 0 Å². The maximum atomic E-state index is 12.6. The second-order valence-corrected chi connectivity index (χ2v) is 6.62. The molecule has 0 spiro atoms. The fraction of sp³-hybridized carbons (Fsp3) is 0.400. The lowest BCUT2D eigenvalue weighted by Gasteiger charge is -2.28. The van der Waals surface area contributed by atoms with Crippen LogP contribution in [0.2, 0.25) is 0 Å². The predicted octanol–water partition coefficient (Wildman–Crippen LogP) is 1.16. The fourth-order valence-corrected chi connectivity index (χ4v) is 3.18. The van der Waals surface area contributed by atoms with Gasteiger partial charge in [0.15, 0.2) is 10.9 Å². The second kappa shape index (κ2) is 6.52. The fourth-order valence-electron chi connectivity index (χ4n) is 2.45. The number of amides is 2. The molecule has 9 heteroatoms. The van der Waals surface area contributed by atoms with E-state index in [1.807, 2.05) is 25.1 Å². The van der Waals surface area contributed by atoms with E-state index in [1.165, 1.54) is 18.3 Å². The van der Waals surface area contributed by atoms with Crippen LogP contribution in [0.1, 0.15) is 28.7 Å². The lowest BCUT2D eigenvalue weighted by atomic mass is 10.1. The van der Waals surface area contributed by atoms with Crippen molar-refractivity contribution >= 4 is 34.1 Å². The summed E-state index contributed by atoms with van der Waals surface area (Å²) in [5, 5.41) is 13.1. The van der Waals surface area contributed by atoms with E-state index in [1.54, 1.807) is 10.3 Å². The Labute approximate surface area is 143 Å². The molecule has 24 heavy (non-hydrogen) atoms. The van der Waals surface area contributed by atoms with Crippen LogP contribution in [0.25, 0.3) is 0 Å². The van der Waals surface area contributed by atoms with E-state index < -0.39 is 0 Å². The van der Waals surface area contributed by atoms with E-state index in [4.69, 9.17) is 0 Å². The Bertz CT molecular complexity index is 788. The molecule has 2 amide bonds. The highest BCUT2D eigenvalue weighted by Crippen LogP contribution is 2.23. The summed E-state index contributed by atoms with van der Waals surface area (Å²) in [5.41, 5.74) is 2.29. The minimum atomic E-state index is -0.204. The number of rotatable bonds is 3. The van der Waals surface area contributed by atoms with Gasteiger partial charge in [-0.15, -0.1) is 16.4 Å². The quantitative estimate of drug-likeness (QED) is 0.897. The van der Waals surface area contributed by atoms with Crippen molar-refractivity contribution in [1.82, 2.24) is 20.1 Å². The summed E-state index contributed by atoms with van der Waals surface area (Å²) >= 11 is 1.24. The first-order valence-electron chi connectivity index (χ1n) is 7.49. The maximum absolute atomic E-state index is 12.6. The Balaban J connectivity index is 1.76. The van der Waals surface area contributed by atoms with Gasteiger partial charge >= 0.3 is 0 Å². The van der Waals surface area contributed by atoms with Crippen molar-refractivity contribution in [1.29, 1.82) is 0 Å². The molecule has 1 aliphatic heterocycles. The molecule has 2 aromatic rings. The van der Waals surface area contributed by atoms with Gasteiger partial charge in [0.2, 0.25) is 5.91 Å². The molecule has 0 saturated heterocycles. The van der Waals surface area contributed by atoms with Crippen molar-refractivity contribution in [2.45, 2.75) is 19.9 Å². The van der Waals surface area contributed by atoms with Crippen molar-refractivity contribution in [2.24, 2.45) is 0 Å². The third kappa shape index (κ3) is 3.35. The summed E-state index contributed by atoms with van der Waals surface area (Å²) < 4.78 is 0. The van der Waals surface area contributed by atoms with E-state index in [9.17, 15) is 9.59 Å². The highest BCUT2D eigenvalue weighted by Gasteiger charge is 2.25. The number of carbonyl (C=O) groups excluding carboxylic acids is 2. The Morgan fingerprint density at radius 2 is 2.12 bits per heavy atom. The molecule has 0 atom stereocenters. The van der Waals surface area contributed by atoms with Gasteiger partial charge in [-0.2, -0.15) is 5.10 Å². The Morgan fingerprint density at radius 1 is 1.33 bits per heavy atom. The van der Waals surface area contributed by atoms with Crippen LogP contribution in [0.15, 0.2) is 11.4 Å². The molecule has 2 aromatic heterocycles. The van der Waals surface area contributed by atoms with Gasteiger partial charge in [-0.3, -0.25) is 9.59 Å². The Kier molecular flexibility index (Phi) is 4.43. The lowest BCUT2D eigenvalue weighted by Crippen LogP contribution is -2.36. The average Bonchev–Trinajstić information content (AvgIpc) is 3.00. The molecule has 0 aliphatic carbocycles. The van der Waals surface area contributed by atoms with Gasteiger partial charge < -0.3 is 15.1 Å². The molecule has 0 aromatic carbocycles. The number of hydrogen-bond donors (Lipinski definition) is 1. The molecular weight excluding hydrogens is 328 g/mol. The number of carbonyl (C=O) groups is 2. The van der Waals surface area contributed by atoms with Crippen molar-refractivity contribution in [3.8, 4) is 0 Å². The molecule has 3 rings (SSSR count). The van der Waals surface area contributed by atoms with E-state index in [0.717, 1.165) is 17.1 Å². The standard InChI is InChI=1S/C15H18N6O2S/c1-9(22)16-15-17-12(8-24-15)14(23)21-5-4-11-10(7-21)6-13(19-18-11)20(2)3/h6,8H,4-5,7H2,1-3H3,(H,16,17,22). The molecular formula is C15H18N6O2S. The van der Waals surface area contributed by atoms with Gasteiger partial charge in [0.25, 0.3) is 5.91 Å². The number of anilines is 2. The Hall–Kier alpha value is -2.55. The number of nitrogens with one attached hydrogen (secondary N) is 1. The third-order valence-electron chi connectivity index (χ3n) is 3.68. The summed E-state index contributed by atoms with van der Waals surface area (Å²) in [7, 11) is 3.81. The number of fused-ring (bicyclic) bond motifs is 1. The van der Waals surface area contributed by atoms with Gasteiger partial charge in [-0.05, 0) is 11.6 Å². The summed E-state index contributed by atoms with van der Waals surface area (Å²) in [6.07, 6.45) is 0.671. The van der Waals surface area contributed by atoms with Crippen LogP contribution >= 0.6 is 11.3 Å². The highest BCUT2D eigenvalue weighted by atomic mass is 32.1. The van der Waals surface area contributed by atoms with Crippen LogP contribution in [-0.4, -0.2) is 52.5 Å². The van der Waals surface area contributed by atoms with E-state index in [0.29, 0.717) is 30.3 Å². The summed E-state index contributed by atoms with van der Waals surface area (Å²) in [4.78, 5) is 31.5. The molecule has 0 radical (unpaired) electrons. The molecule has 8 nitrogen and oxygen atoms in total. The predicted molar refractivity (Wildman–Crippen MR) is 91.2 cm³/mol. The Morgan fingerprint density at radius 3 is 2.83 bits per heavy atom. The van der Waals surface area contributed by atoms with Crippen molar-refractivity contribution in [2.75, 3.05) is 30.9 Å². The highest BCUT2D eigenvalue weighted by molar-refractivity contribution is 7.14. The molecule has 126 valence electrons. The van der Waals surface area contributed by atoms with Gasteiger partial charge in [0.05, 0.1) is 5.69 Å². The summed E-state index contributed by atoms with van der Waals surface area (Å²) in [5.74, 6) is 0.423. The maximum Gasteiger partial charge on any atom is 0.273 e. The number of aromatic nitrogens is 3. The van der Waals surface area contributed by atoms with E-state index >= 15 is 0 Å². The second-order valence-electron chi connectivity index (χ2n) is 5.76. The zero-order valence-electron chi connectivity index (χ0n) is 13.7. The third-order valence-corrected chi connectivity index (χ3v) is 4.44. The van der Waals surface area contributed by atoms with E-state index in [2.05, 4.69) is 20.5 Å². The van der Waals surface area contributed by atoms with Crippen LogP contribution in [0.4, 0.5) is 10.9 Å². The monoisotopic (exact) mass is 346 g/mol. The number of thiazole rings is 1. The van der Waals surface area contributed by atoms with Crippen LogP contribution in [-0.2, 0) is 17.8 Å². The molecule has 0 bridgehead atoms. The van der Waals surface area contributed by atoms with Gasteiger partial charge in [0.1, 0.15) is 5.69 Å². The molecule has 3 heterocycles. The van der Waals surface area contributed by atoms with Gasteiger partial charge in [0, 0.05) is 45.9 Å². The van der Waals surface area contributed by atoms with E-state index in [-0.39, 0.29) is 11.8 Å². The summed E-state index contributed by atoms with van der Waals surface area (Å²) in [6.45, 7) is 2.47. The first-order chi connectivity index (χ1) is 11.4. The smallest absolute Gasteiger partial charge is 0.273 e. The molecule has 1 aliphatic rings. The minimum Gasteiger partial charge on any atom is -0.361 e. The van der Waals surface area contributed by atoms with Gasteiger partial charge in [-0.25, -0.2) is 4.98 Å². The molecule has 0 saturated carbocycles. The van der Waals surface area contributed by atoms with Crippen LogP contribution < -0.4 is 10.2 Å². The van der Waals surface area contributed by atoms with Gasteiger partial charge in [-0.1, -0.05) is 0 Å². The van der Waals surface area contributed by atoms with Crippen molar-refractivity contribution < 1.29 is 9.59 Å². The first-order valence-corrected chi connectivity index (χ1v) is 8.37. The number of nitrogens with zero attached hydrogens (tertiary/aromatic N) is 5. The summed E-state index contributed by atoms with van der Waals surface area (Å²) in [6, 6.07) is 1.96. The zero-order valence-corrected chi connectivity index (χ0v) is 14.6. The lowest BCUT2D eigenvalue weighted by molar-refractivity contribution is -0.114. The van der Waals surface area contributed by atoms with Crippen molar-refractivity contribution in [3.63, 3.8) is 0 Å². The minimum absolute atomic E-state index is 0.142. The topological polar surface area (TPSA) is 91.3 Å². The average molecular weight is 346 g/mol. The number of hydrogen-bond acceptors (Lipinski definition) is 7. The molecule has 1 N–H and O–H groups in total. The van der Waals surface area contributed by atoms with Crippen LogP contribution in [0.5, 0.6) is 0 Å². The van der Waals surface area contributed by atoms with Crippen LogP contribution in [0.3, 0.4) is 0 Å². The van der Waals surface area contributed by atoms with Crippen molar-refractivity contribution in [3.05, 3.63) is 28.4 Å². The first kappa shape index (κ1) is 16.3. The molecule has 0 fully saturated rings. The SMILES string of the molecule is CC(=O)Nc1nc(C(=O)N2CCc3nnc(N(C)C)cc3C2)cs1.